The molecule has 0 amide bonds. The molecule has 286 valence electrons. The highest BCUT2D eigenvalue weighted by Crippen LogP contribution is 2.37. The van der Waals surface area contributed by atoms with Crippen LogP contribution < -0.4 is 15.9 Å². The van der Waals surface area contributed by atoms with Crippen LogP contribution in [0, 0.1) is 6.92 Å². The molecule has 0 fully saturated rings. The molecule has 0 radical (unpaired) electrons. The number of carbonyl (C=O) groups excluding carboxylic acids is 1. The summed E-state index contributed by atoms with van der Waals surface area (Å²) in [5.74, 6) is -0.833. The van der Waals surface area contributed by atoms with Crippen molar-refractivity contribution in [2.75, 3.05) is 24.4 Å². The summed E-state index contributed by atoms with van der Waals surface area (Å²) < 4.78 is 114. The Morgan fingerprint density at radius 1 is 0.833 bits per heavy atom. The van der Waals surface area contributed by atoms with Crippen molar-refractivity contribution in [1.82, 2.24) is 0 Å². The van der Waals surface area contributed by atoms with Crippen LogP contribution in [0.4, 0.5) is 22.7 Å². The molecule has 1 aliphatic carbocycles. The third kappa shape index (κ3) is 9.14. The summed E-state index contributed by atoms with van der Waals surface area (Å²) in [6.45, 7) is 4.64. The monoisotopic (exact) mass is 803 g/mol. The van der Waals surface area contributed by atoms with Gasteiger partial charge in [0.05, 0.1) is 35.9 Å². The van der Waals surface area contributed by atoms with E-state index in [-0.39, 0.29) is 63.6 Å². The first-order chi connectivity index (χ1) is 25.1. The normalized spacial score (nSPS) is 15.6. The standard InChI is InChI=1S/C33H33N5O13S3/c1-17-9-27(37-38-32-31(54(47,48)49)11-20-10-21(34)7-8-23(20)33(32)40)28(51-16-19(3)50-15-18(2)39)14-26(17)36-35-22-12-25-24(30(13-22)53(44,45)46)5-4-6-29(25)52(41,42)43/h4-14,18-19,37,39H,15-16,34H2,1-3H3,(H,41,42,43)(H,44,45,46)(H,47,48,49)/b36-35+,38-32+. The van der Waals surface area contributed by atoms with E-state index in [0.717, 1.165) is 24.3 Å². The van der Waals surface area contributed by atoms with Crippen molar-refractivity contribution in [1.29, 1.82) is 0 Å². The van der Waals surface area contributed by atoms with Gasteiger partial charge in [0, 0.05) is 28.1 Å². The lowest BCUT2D eigenvalue weighted by Crippen LogP contribution is -2.27. The van der Waals surface area contributed by atoms with E-state index < -0.39 is 68.8 Å². The van der Waals surface area contributed by atoms with Crippen LogP contribution in [0.1, 0.15) is 35.3 Å². The van der Waals surface area contributed by atoms with Crippen LogP contribution in [0.2, 0.25) is 0 Å². The van der Waals surface area contributed by atoms with Crippen molar-refractivity contribution in [3.05, 3.63) is 82.3 Å². The highest BCUT2D eigenvalue weighted by atomic mass is 32.2. The van der Waals surface area contributed by atoms with Crippen molar-refractivity contribution in [3.63, 3.8) is 0 Å². The van der Waals surface area contributed by atoms with Gasteiger partial charge in [-0.05, 0) is 80.4 Å². The fourth-order valence-corrected chi connectivity index (χ4v) is 7.32. The highest BCUT2D eigenvalue weighted by Gasteiger charge is 2.33. The first kappa shape index (κ1) is 40.1. The minimum Gasteiger partial charge on any atom is -0.489 e. The molecule has 4 aromatic carbocycles. The van der Waals surface area contributed by atoms with Gasteiger partial charge in [-0.2, -0.15) is 40.6 Å². The van der Waals surface area contributed by atoms with Crippen molar-refractivity contribution < 1.29 is 58.3 Å². The van der Waals surface area contributed by atoms with E-state index >= 15 is 0 Å². The van der Waals surface area contributed by atoms with E-state index in [1.807, 2.05) is 0 Å². The Morgan fingerprint density at radius 3 is 2.19 bits per heavy atom. The Labute approximate surface area is 309 Å². The van der Waals surface area contributed by atoms with E-state index in [1.54, 1.807) is 13.8 Å². The third-order valence-electron chi connectivity index (χ3n) is 7.75. The number of nitrogens with two attached hydrogens (primary N) is 1. The Morgan fingerprint density at radius 2 is 1.54 bits per heavy atom. The molecule has 0 aliphatic heterocycles. The molecular weight excluding hydrogens is 771 g/mol. The van der Waals surface area contributed by atoms with Gasteiger partial charge in [0.1, 0.15) is 27.1 Å². The maximum Gasteiger partial charge on any atom is 0.296 e. The smallest absolute Gasteiger partial charge is 0.296 e. The lowest BCUT2D eigenvalue weighted by molar-refractivity contribution is -0.0131. The molecule has 7 N–H and O–H groups in total. The SMILES string of the molecule is Cc1cc(N/N=C2/C(=O)c3ccc(N)cc3C=C2S(=O)(=O)O)c(OCC(C)OCC(C)O)cc1/N=N/c1cc(S(=O)(=O)O)c2cccc(S(=O)(=O)O)c2c1. The zero-order valence-electron chi connectivity index (χ0n) is 28.5. The quantitative estimate of drug-likeness (QED) is 0.0462. The number of aryl methyl sites for hydroxylation is 1. The predicted octanol–water partition coefficient (Wildman–Crippen LogP) is 4.70. The van der Waals surface area contributed by atoms with Gasteiger partial charge in [0.15, 0.2) is 5.71 Å². The number of aliphatic hydroxyl groups excluding tert-OH is 1. The molecule has 4 aromatic rings. The van der Waals surface area contributed by atoms with Gasteiger partial charge in [-0.25, -0.2) is 0 Å². The Bertz CT molecular complexity index is 2610. The average Bonchev–Trinajstić information content (AvgIpc) is 3.07. The number of anilines is 2. The Hall–Kier alpha value is -5.13. The second kappa shape index (κ2) is 15.3. The number of nitrogens with one attached hydrogen (secondary N) is 1. The van der Waals surface area contributed by atoms with Crippen molar-refractivity contribution in [2.45, 2.75) is 42.8 Å². The summed E-state index contributed by atoms with van der Waals surface area (Å²) >= 11 is 0. The summed E-state index contributed by atoms with van der Waals surface area (Å²) in [7, 11) is -14.7. The lowest BCUT2D eigenvalue weighted by atomic mass is 9.94. The van der Waals surface area contributed by atoms with Gasteiger partial charge in [-0.3, -0.25) is 23.9 Å². The van der Waals surface area contributed by atoms with Crippen LogP contribution in [0.5, 0.6) is 5.75 Å². The Kier molecular flexibility index (Phi) is 11.4. The van der Waals surface area contributed by atoms with Crippen LogP contribution in [-0.2, 0) is 35.1 Å². The topological polar surface area (TPSA) is 294 Å². The number of ether oxygens (including phenoxy) is 2. The fourth-order valence-electron chi connectivity index (χ4n) is 5.24. The molecular formula is C33H33N5O13S3. The molecule has 0 saturated carbocycles. The first-order valence-corrected chi connectivity index (χ1v) is 19.9. The van der Waals surface area contributed by atoms with Gasteiger partial charge in [0.2, 0.25) is 5.78 Å². The lowest BCUT2D eigenvalue weighted by Gasteiger charge is -2.19. The number of carbonyl (C=O) groups is 1. The number of nitrogen functional groups attached to an aromatic ring is 1. The summed E-state index contributed by atoms with van der Waals surface area (Å²) in [6, 6.07) is 12.5. The second-order valence-electron chi connectivity index (χ2n) is 12.1. The van der Waals surface area contributed by atoms with Crippen LogP contribution in [0.3, 0.4) is 0 Å². The van der Waals surface area contributed by atoms with Crippen molar-refractivity contribution in [3.8, 4) is 5.75 Å². The number of Topliss-reactive ketones (excluding diaryl/α,β-unsaturated/α-hetero) is 1. The zero-order valence-corrected chi connectivity index (χ0v) is 31.0. The van der Waals surface area contributed by atoms with E-state index in [2.05, 4.69) is 20.8 Å². The number of hydrogen-bond donors (Lipinski definition) is 6. The molecule has 2 atom stereocenters. The minimum atomic E-state index is -4.97. The molecule has 18 nitrogen and oxygen atoms in total. The molecule has 0 aromatic heterocycles. The maximum atomic E-state index is 13.4. The number of hydrazone groups is 1. The number of azo groups is 1. The van der Waals surface area contributed by atoms with Gasteiger partial charge in [-0.1, -0.05) is 12.1 Å². The Balaban J connectivity index is 1.59. The fraction of sp³-hybridized carbons (Fsp3) is 0.212. The first-order valence-electron chi connectivity index (χ1n) is 15.6. The summed E-state index contributed by atoms with van der Waals surface area (Å²) in [5.41, 5.74) is 8.53. The molecule has 1 aliphatic rings. The summed E-state index contributed by atoms with van der Waals surface area (Å²) in [6.07, 6.45) is -0.289. The highest BCUT2D eigenvalue weighted by molar-refractivity contribution is 7.91. The number of rotatable bonds is 13. The number of nitrogens with zero attached hydrogens (tertiary/aromatic N) is 3. The minimum absolute atomic E-state index is 0.00557. The molecule has 0 spiro atoms. The number of hydrogen-bond acceptors (Lipinski definition) is 15. The van der Waals surface area contributed by atoms with Crippen LogP contribution in [0.25, 0.3) is 16.8 Å². The number of ketones is 1. The van der Waals surface area contributed by atoms with Gasteiger partial charge in [0.25, 0.3) is 30.4 Å². The average molecular weight is 804 g/mol. The van der Waals surface area contributed by atoms with Crippen LogP contribution in [-0.4, -0.2) is 80.9 Å². The molecule has 21 heteroatoms. The molecule has 0 bridgehead atoms. The number of allylic oxidation sites excluding steroid dienone is 1. The van der Waals surface area contributed by atoms with Crippen LogP contribution in [0.15, 0.2) is 90.7 Å². The zero-order chi connectivity index (χ0) is 39.7. The van der Waals surface area contributed by atoms with Gasteiger partial charge < -0.3 is 20.3 Å². The third-order valence-corrected chi connectivity index (χ3v) is 10.4. The van der Waals surface area contributed by atoms with E-state index in [1.165, 1.54) is 49.4 Å². The van der Waals surface area contributed by atoms with E-state index in [4.69, 9.17) is 15.2 Å². The largest absolute Gasteiger partial charge is 0.489 e. The van der Waals surface area contributed by atoms with Gasteiger partial charge in [-0.15, -0.1) is 0 Å². The van der Waals surface area contributed by atoms with Crippen molar-refractivity contribution in [2.24, 2.45) is 15.3 Å². The molecule has 0 saturated heterocycles. The predicted molar refractivity (Wildman–Crippen MR) is 197 cm³/mol. The molecule has 5 rings (SSSR count). The second-order valence-corrected chi connectivity index (χ2v) is 16.3. The van der Waals surface area contributed by atoms with E-state index in [9.17, 15) is 48.8 Å². The number of benzene rings is 4. The maximum absolute atomic E-state index is 13.4. The summed E-state index contributed by atoms with van der Waals surface area (Å²) in [5, 5.41) is 21.4. The summed E-state index contributed by atoms with van der Waals surface area (Å²) in [4.78, 5) is 11.3. The van der Waals surface area contributed by atoms with Crippen molar-refractivity contribution >= 4 is 81.4 Å². The van der Waals surface area contributed by atoms with E-state index in [0.29, 0.717) is 5.56 Å². The number of aliphatic hydroxyl groups is 1. The van der Waals surface area contributed by atoms with Crippen LogP contribution >= 0.6 is 0 Å². The van der Waals surface area contributed by atoms with Gasteiger partial charge >= 0.3 is 0 Å². The molecule has 54 heavy (non-hydrogen) atoms. The molecule has 2 unspecified atom stereocenters. The molecule has 0 heterocycles. The number of fused-ring (bicyclic) bond motifs is 2.